The summed E-state index contributed by atoms with van der Waals surface area (Å²) in [5, 5.41) is 17.7. The molecule has 0 unspecified atom stereocenters. The van der Waals surface area contributed by atoms with E-state index in [1.165, 1.54) is 0 Å². The van der Waals surface area contributed by atoms with Gasteiger partial charge in [-0.3, -0.25) is 4.79 Å². The van der Waals surface area contributed by atoms with E-state index in [9.17, 15) is 4.79 Å². The van der Waals surface area contributed by atoms with Crippen LogP contribution in [0.4, 0.5) is 0 Å². The molecule has 0 aromatic heterocycles. The Morgan fingerprint density at radius 3 is 2.64 bits per heavy atom. The molecular formula is C8H12O3. The highest BCUT2D eigenvalue weighted by Gasteiger charge is 2.26. The van der Waals surface area contributed by atoms with Crippen molar-refractivity contribution in [2.24, 2.45) is 11.8 Å². The van der Waals surface area contributed by atoms with E-state index in [0.717, 1.165) is 0 Å². The Balaban J connectivity index is 2.51. The zero-order valence-electron chi connectivity index (χ0n) is 6.40. The van der Waals surface area contributed by atoms with Crippen LogP contribution in [0.1, 0.15) is 13.3 Å². The lowest BCUT2D eigenvalue weighted by atomic mass is 9.93. The average molecular weight is 156 g/mol. The number of aliphatic hydroxyl groups is 1. The minimum atomic E-state index is -0.797. The molecule has 0 spiro atoms. The highest BCUT2D eigenvalue weighted by molar-refractivity contribution is 5.70. The van der Waals surface area contributed by atoms with Crippen molar-refractivity contribution in [3.8, 4) is 0 Å². The second-order valence-electron chi connectivity index (χ2n) is 2.98. The topological polar surface area (TPSA) is 57.5 Å². The van der Waals surface area contributed by atoms with E-state index in [4.69, 9.17) is 10.2 Å². The van der Waals surface area contributed by atoms with Crippen molar-refractivity contribution in [2.75, 3.05) is 0 Å². The van der Waals surface area contributed by atoms with Crippen LogP contribution in [0.15, 0.2) is 12.2 Å². The Hall–Kier alpha value is -0.830. The van der Waals surface area contributed by atoms with Crippen molar-refractivity contribution >= 4 is 5.97 Å². The number of carboxylic acid groups (broad SMARTS) is 1. The quantitative estimate of drug-likeness (QED) is 0.577. The van der Waals surface area contributed by atoms with E-state index in [-0.39, 0.29) is 11.8 Å². The van der Waals surface area contributed by atoms with Crippen molar-refractivity contribution in [2.45, 2.75) is 19.4 Å². The third-order valence-corrected chi connectivity index (χ3v) is 2.13. The van der Waals surface area contributed by atoms with Gasteiger partial charge >= 0.3 is 5.97 Å². The van der Waals surface area contributed by atoms with Crippen LogP contribution in [0.3, 0.4) is 0 Å². The lowest BCUT2D eigenvalue weighted by Crippen LogP contribution is -2.19. The molecule has 2 N–H and O–H groups in total. The van der Waals surface area contributed by atoms with Crippen LogP contribution >= 0.6 is 0 Å². The molecule has 3 heteroatoms. The summed E-state index contributed by atoms with van der Waals surface area (Å²) < 4.78 is 0. The maximum Gasteiger partial charge on any atom is 0.306 e. The van der Waals surface area contributed by atoms with Gasteiger partial charge in [-0.2, -0.15) is 0 Å². The van der Waals surface area contributed by atoms with Crippen LogP contribution < -0.4 is 0 Å². The van der Waals surface area contributed by atoms with Crippen LogP contribution in [0.25, 0.3) is 0 Å². The number of allylic oxidation sites excluding steroid dienone is 1. The first kappa shape index (κ1) is 8.27. The Morgan fingerprint density at radius 1 is 1.64 bits per heavy atom. The smallest absolute Gasteiger partial charge is 0.306 e. The van der Waals surface area contributed by atoms with E-state index in [2.05, 4.69) is 0 Å². The molecule has 0 saturated carbocycles. The number of carbonyl (C=O) groups is 1. The van der Waals surface area contributed by atoms with Crippen LogP contribution in [0.5, 0.6) is 0 Å². The Kier molecular flexibility index (Phi) is 2.29. The SMILES string of the molecule is C[C@@H](C(=O)O)[C@@H]1C=C[C@@H](O)C1. The molecule has 0 amide bonds. The maximum absolute atomic E-state index is 10.5. The Bertz CT molecular complexity index is 186. The Labute approximate surface area is 65.3 Å². The van der Waals surface area contributed by atoms with E-state index in [1.807, 2.05) is 0 Å². The third kappa shape index (κ3) is 1.80. The fourth-order valence-corrected chi connectivity index (χ4v) is 1.26. The summed E-state index contributed by atoms with van der Waals surface area (Å²) >= 11 is 0. The molecule has 0 aromatic rings. The molecule has 0 radical (unpaired) electrons. The van der Waals surface area contributed by atoms with Gasteiger partial charge in [-0.1, -0.05) is 19.1 Å². The van der Waals surface area contributed by atoms with Crippen molar-refractivity contribution in [3.05, 3.63) is 12.2 Å². The highest BCUT2D eigenvalue weighted by atomic mass is 16.4. The van der Waals surface area contributed by atoms with Gasteiger partial charge in [-0.15, -0.1) is 0 Å². The first-order valence-electron chi connectivity index (χ1n) is 3.70. The maximum atomic E-state index is 10.5. The van der Waals surface area contributed by atoms with Crippen LogP contribution in [0.2, 0.25) is 0 Å². The summed E-state index contributed by atoms with van der Waals surface area (Å²) in [5.41, 5.74) is 0. The molecule has 0 heterocycles. The van der Waals surface area contributed by atoms with Gasteiger partial charge < -0.3 is 10.2 Å². The van der Waals surface area contributed by atoms with Gasteiger partial charge in [0.15, 0.2) is 0 Å². The molecule has 0 saturated heterocycles. The van der Waals surface area contributed by atoms with Crippen molar-refractivity contribution in [1.29, 1.82) is 0 Å². The summed E-state index contributed by atoms with van der Waals surface area (Å²) in [6.45, 7) is 1.66. The first-order valence-corrected chi connectivity index (χ1v) is 3.70. The molecule has 1 aliphatic carbocycles. The minimum Gasteiger partial charge on any atom is -0.481 e. The van der Waals surface area contributed by atoms with Crippen LogP contribution in [-0.2, 0) is 4.79 Å². The minimum absolute atomic E-state index is 0.00231. The monoisotopic (exact) mass is 156 g/mol. The molecule has 11 heavy (non-hydrogen) atoms. The Morgan fingerprint density at radius 2 is 2.27 bits per heavy atom. The number of rotatable bonds is 2. The molecule has 0 aliphatic heterocycles. The van der Waals surface area contributed by atoms with E-state index in [0.29, 0.717) is 6.42 Å². The van der Waals surface area contributed by atoms with E-state index < -0.39 is 12.1 Å². The summed E-state index contributed by atoms with van der Waals surface area (Å²) in [6, 6.07) is 0. The number of aliphatic hydroxyl groups excluding tert-OH is 1. The summed E-state index contributed by atoms with van der Waals surface area (Å²) in [7, 11) is 0. The average Bonchev–Trinajstić information content (AvgIpc) is 2.34. The molecule has 0 aromatic carbocycles. The lowest BCUT2D eigenvalue weighted by molar-refractivity contribution is -0.142. The standard InChI is InChI=1S/C8H12O3/c1-5(8(10)11)6-2-3-7(9)4-6/h2-3,5-7,9H,4H2,1H3,(H,10,11)/t5-,6-,7-/m1/s1. The summed E-state index contributed by atoms with van der Waals surface area (Å²) in [5.74, 6) is -1.18. The summed E-state index contributed by atoms with van der Waals surface area (Å²) in [6.07, 6.45) is 3.54. The second kappa shape index (κ2) is 3.05. The predicted octanol–water partition coefficient (Wildman–Crippen LogP) is 0.644. The fourth-order valence-electron chi connectivity index (χ4n) is 1.26. The first-order chi connectivity index (χ1) is 5.11. The molecular weight excluding hydrogens is 144 g/mol. The molecule has 0 bridgehead atoms. The number of aliphatic carboxylic acids is 1. The largest absolute Gasteiger partial charge is 0.481 e. The van der Waals surface area contributed by atoms with Gasteiger partial charge in [0.2, 0.25) is 0 Å². The molecule has 3 nitrogen and oxygen atoms in total. The van der Waals surface area contributed by atoms with Gasteiger partial charge in [-0.25, -0.2) is 0 Å². The van der Waals surface area contributed by atoms with Crippen molar-refractivity contribution in [1.82, 2.24) is 0 Å². The number of hydrogen-bond acceptors (Lipinski definition) is 2. The predicted molar refractivity (Wildman–Crippen MR) is 40.1 cm³/mol. The normalized spacial score (nSPS) is 32.2. The molecule has 0 fully saturated rings. The molecule has 1 rings (SSSR count). The number of carboxylic acids is 1. The second-order valence-corrected chi connectivity index (χ2v) is 2.98. The van der Waals surface area contributed by atoms with Gasteiger partial charge in [-0.05, 0) is 12.3 Å². The van der Waals surface area contributed by atoms with Gasteiger partial charge in [0, 0.05) is 0 Å². The molecule has 1 aliphatic rings. The zero-order valence-corrected chi connectivity index (χ0v) is 6.40. The van der Waals surface area contributed by atoms with E-state index in [1.54, 1.807) is 19.1 Å². The highest BCUT2D eigenvalue weighted by Crippen LogP contribution is 2.25. The van der Waals surface area contributed by atoms with Gasteiger partial charge in [0.1, 0.15) is 0 Å². The molecule has 62 valence electrons. The van der Waals surface area contributed by atoms with Gasteiger partial charge in [0.05, 0.1) is 12.0 Å². The van der Waals surface area contributed by atoms with Gasteiger partial charge in [0.25, 0.3) is 0 Å². The van der Waals surface area contributed by atoms with Crippen molar-refractivity contribution in [3.63, 3.8) is 0 Å². The molecule has 3 atom stereocenters. The third-order valence-electron chi connectivity index (χ3n) is 2.13. The lowest BCUT2D eigenvalue weighted by Gasteiger charge is -2.12. The van der Waals surface area contributed by atoms with Crippen LogP contribution in [-0.4, -0.2) is 22.3 Å². The fraction of sp³-hybridized carbons (Fsp3) is 0.625. The number of hydrogen-bond donors (Lipinski definition) is 2. The summed E-state index contributed by atoms with van der Waals surface area (Å²) in [4.78, 5) is 10.5. The van der Waals surface area contributed by atoms with Crippen LogP contribution in [0, 0.1) is 11.8 Å². The van der Waals surface area contributed by atoms with Crippen molar-refractivity contribution < 1.29 is 15.0 Å². The zero-order chi connectivity index (χ0) is 8.43. The van der Waals surface area contributed by atoms with E-state index >= 15 is 0 Å².